The molecule has 2 aromatic rings. The monoisotopic (exact) mass is 246 g/mol. The van der Waals surface area contributed by atoms with Crippen LogP contribution in [0.4, 0.5) is 0 Å². The summed E-state index contributed by atoms with van der Waals surface area (Å²) in [5.41, 5.74) is 0.928. The first kappa shape index (κ1) is 12.6. The van der Waals surface area contributed by atoms with Gasteiger partial charge in [-0.25, -0.2) is 4.98 Å². The number of nitrogens with zero attached hydrogens (tertiary/aromatic N) is 1. The highest BCUT2D eigenvalue weighted by molar-refractivity contribution is 5.55. The van der Waals surface area contributed by atoms with Gasteiger partial charge in [-0.2, -0.15) is 0 Å². The first-order valence-electron chi connectivity index (χ1n) is 5.99. The summed E-state index contributed by atoms with van der Waals surface area (Å²) in [5, 5.41) is 3.17. The number of nitrogens with one attached hydrogen (secondary N) is 1. The van der Waals surface area contributed by atoms with E-state index in [2.05, 4.69) is 17.2 Å². The molecular formula is C14H18N2O2. The smallest absolute Gasteiger partial charge is 0.226 e. The predicted molar refractivity (Wildman–Crippen MR) is 70.7 cm³/mol. The molecule has 0 amide bonds. The van der Waals surface area contributed by atoms with Crippen LogP contribution in [0, 0.1) is 0 Å². The maximum Gasteiger partial charge on any atom is 0.226 e. The molecule has 0 saturated heterocycles. The molecule has 1 atom stereocenters. The molecule has 4 nitrogen and oxygen atoms in total. The van der Waals surface area contributed by atoms with E-state index in [9.17, 15) is 0 Å². The van der Waals surface area contributed by atoms with Crippen LogP contribution in [0.25, 0.3) is 11.5 Å². The second-order valence-electron chi connectivity index (χ2n) is 4.26. The summed E-state index contributed by atoms with van der Waals surface area (Å²) in [7, 11) is 3.58. The number of ether oxygens (including phenoxy) is 1. The number of rotatable bonds is 5. The zero-order valence-corrected chi connectivity index (χ0v) is 10.9. The van der Waals surface area contributed by atoms with Crippen LogP contribution in [0.15, 0.2) is 34.9 Å². The number of oxazole rings is 1. The molecule has 0 aliphatic heterocycles. The highest BCUT2D eigenvalue weighted by atomic mass is 16.5. The molecule has 2 rings (SSSR count). The normalized spacial score (nSPS) is 12.4. The topological polar surface area (TPSA) is 47.3 Å². The van der Waals surface area contributed by atoms with Gasteiger partial charge in [-0.3, -0.25) is 0 Å². The van der Waals surface area contributed by atoms with E-state index in [1.54, 1.807) is 13.3 Å². The molecule has 1 heterocycles. The number of methoxy groups -OCH3 is 1. The van der Waals surface area contributed by atoms with E-state index in [4.69, 9.17) is 9.15 Å². The van der Waals surface area contributed by atoms with Crippen molar-refractivity contribution < 1.29 is 9.15 Å². The fraction of sp³-hybridized carbons (Fsp3) is 0.357. The largest absolute Gasteiger partial charge is 0.497 e. The standard InChI is InChI=1S/C14H18N2O2/c1-10(15-2)7-13-9-16-14(18-13)11-5-4-6-12(8-11)17-3/h4-6,8-10,15H,7H2,1-3H3. The molecule has 0 fully saturated rings. The molecule has 0 aliphatic carbocycles. The molecule has 0 spiro atoms. The zero-order valence-electron chi connectivity index (χ0n) is 10.9. The molecule has 0 radical (unpaired) electrons. The summed E-state index contributed by atoms with van der Waals surface area (Å²) in [6.45, 7) is 2.10. The van der Waals surface area contributed by atoms with Crippen molar-refractivity contribution in [3.05, 3.63) is 36.2 Å². The van der Waals surface area contributed by atoms with Crippen molar-refractivity contribution in [3.63, 3.8) is 0 Å². The molecule has 0 aliphatic rings. The van der Waals surface area contributed by atoms with Crippen molar-refractivity contribution >= 4 is 0 Å². The van der Waals surface area contributed by atoms with Crippen LogP contribution >= 0.6 is 0 Å². The lowest BCUT2D eigenvalue weighted by molar-refractivity contribution is 0.414. The third kappa shape index (κ3) is 2.90. The van der Waals surface area contributed by atoms with E-state index >= 15 is 0 Å². The Kier molecular flexibility index (Phi) is 3.99. The molecule has 4 heteroatoms. The maximum absolute atomic E-state index is 5.74. The molecule has 1 unspecified atom stereocenters. The molecule has 1 aromatic heterocycles. The third-order valence-corrected chi connectivity index (χ3v) is 2.87. The summed E-state index contributed by atoms with van der Waals surface area (Å²) in [5.74, 6) is 2.32. The fourth-order valence-electron chi connectivity index (χ4n) is 1.70. The second kappa shape index (κ2) is 5.69. The van der Waals surface area contributed by atoms with Crippen LogP contribution in [-0.4, -0.2) is 25.2 Å². The van der Waals surface area contributed by atoms with Gasteiger partial charge >= 0.3 is 0 Å². The van der Waals surface area contributed by atoms with Crippen LogP contribution in [0.2, 0.25) is 0 Å². The van der Waals surface area contributed by atoms with Gasteiger partial charge in [0.15, 0.2) is 0 Å². The van der Waals surface area contributed by atoms with Gasteiger partial charge in [0.25, 0.3) is 0 Å². The quantitative estimate of drug-likeness (QED) is 0.880. The van der Waals surface area contributed by atoms with Crippen molar-refractivity contribution in [1.82, 2.24) is 10.3 Å². The van der Waals surface area contributed by atoms with Crippen molar-refractivity contribution in [3.8, 4) is 17.2 Å². The fourth-order valence-corrected chi connectivity index (χ4v) is 1.70. The molecule has 1 N–H and O–H groups in total. The van der Waals surface area contributed by atoms with Crippen LogP contribution in [0.3, 0.4) is 0 Å². The lowest BCUT2D eigenvalue weighted by atomic mass is 10.2. The van der Waals surface area contributed by atoms with Gasteiger partial charge in [-0.15, -0.1) is 0 Å². The minimum absolute atomic E-state index is 0.371. The summed E-state index contributed by atoms with van der Waals surface area (Å²) >= 11 is 0. The lowest BCUT2D eigenvalue weighted by Crippen LogP contribution is -2.23. The van der Waals surface area contributed by atoms with Gasteiger partial charge in [0, 0.05) is 18.0 Å². The maximum atomic E-state index is 5.74. The minimum atomic E-state index is 0.371. The average Bonchev–Trinajstić information content (AvgIpc) is 2.87. The summed E-state index contributed by atoms with van der Waals surface area (Å²) < 4.78 is 10.9. The van der Waals surface area contributed by atoms with Crippen molar-refractivity contribution in [2.24, 2.45) is 0 Å². The highest BCUT2D eigenvalue weighted by Gasteiger charge is 2.09. The molecule has 96 valence electrons. The summed E-state index contributed by atoms with van der Waals surface area (Å²) in [6, 6.07) is 8.07. The van der Waals surface area contributed by atoms with E-state index in [0.717, 1.165) is 23.5 Å². The van der Waals surface area contributed by atoms with Crippen LogP contribution < -0.4 is 10.1 Å². The Morgan fingerprint density at radius 3 is 3.00 bits per heavy atom. The highest BCUT2D eigenvalue weighted by Crippen LogP contribution is 2.23. The van der Waals surface area contributed by atoms with E-state index < -0.39 is 0 Å². The lowest BCUT2D eigenvalue weighted by Gasteiger charge is -2.06. The first-order valence-corrected chi connectivity index (χ1v) is 5.99. The molecule has 0 saturated carbocycles. The van der Waals surface area contributed by atoms with Crippen LogP contribution in [0.1, 0.15) is 12.7 Å². The van der Waals surface area contributed by atoms with Crippen LogP contribution in [-0.2, 0) is 6.42 Å². The number of aromatic nitrogens is 1. The van der Waals surface area contributed by atoms with Gasteiger partial charge < -0.3 is 14.5 Å². The van der Waals surface area contributed by atoms with E-state index in [1.165, 1.54) is 0 Å². The average molecular weight is 246 g/mol. The zero-order chi connectivity index (χ0) is 13.0. The predicted octanol–water partition coefficient (Wildman–Crippen LogP) is 2.50. The first-order chi connectivity index (χ1) is 8.72. The molecule has 18 heavy (non-hydrogen) atoms. The van der Waals surface area contributed by atoms with Crippen molar-refractivity contribution in [2.75, 3.05) is 14.2 Å². The van der Waals surface area contributed by atoms with Gasteiger partial charge in [-0.05, 0) is 32.2 Å². The Labute approximate surface area is 107 Å². The summed E-state index contributed by atoms with van der Waals surface area (Å²) in [4.78, 5) is 4.30. The Balaban J connectivity index is 2.18. The van der Waals surface area contributed by atoms with Gasteiger partial charge in [0.1, 0.15) is 11.5 Å². The number of benzene rings is 1. The second-order valence-corrected chi connectivity index (χ2v) is 4.26. The van der Waals surface area contributed by atoms with E-state index in [1.807, 2.05) is 31.3 Å². The SMILES string of the molecule is CNC(C)Cc1cnc(-c2cccc(OC)c2)o1. The molecular weight excluding hydrogens is 228 g/mol. The number of hydrogen-bond acceptors (Lipinski definition) is 4. The van der Waals surface area contributed by atoms with Crippen LogP contribution in [0.5, 0.6) is 5.75 Å². The van der Waals surface area contributed by atoms with E-state index in [-0.39, 0.29) is 0 Å². The van der Waals surface area contributed by atoms with Gasteiger partial charge in [0.05, 0.1) is 13.3 Å². The van der Waals surface area contributed by atoms with Gasteiger partial charge in [0.2, 0.25) is 5.89 Å². The van der Waals surface area contributed by atoms with E-state index in [0.29, 0.717) is 11.9 Å². The molecule has 0 bridgehead atoms. The number of hydrogen-bond donors (Lipinski definition) is 1. The van der Waals surface area contributed by atoms with Crippen molar-refractivity contribution in [2.45, 2.75) is 19.4 Å². The number of likely N-dealkylation sites (N-methyl/N-ethyl adjacent to an activating group) is 1. The Bertz CT molecular complexity index is 508. The molecule has 1 aromatic carbocycles. The Morgan fingerprint density at radius 2 is 2.28 bits per heavy atom. The Morgan fingerprint density at radius 1 is 1.44 bits per heavy atom. The minimum Gasteiger partial charge on any atom is -0.497 e. The Hall–Kier alpha value is -1.81. The van der Waals surface area contributed by atoms with Crippen molar-refractivity contribution in [1.29, 1.82) is 0 Å². The summed E-state index contributed by atoms with van der Waals surface area (Å²) in [6.07, 6.45) is 2.61. The third-order valence-electron chi connectivity index (χ3n) is 2.87. The van der Waals surface area contributed by atoms with Gasteiger partial charge in [-0.1, -0.05) is 6.07 Å².